The molecule has 0 atom stereocenters. The smallest absolute Gasteiger partial charge is 0.227 e. The van der Waals surface area contributed by atoms with Crippen molar-refractivity contribution >= 4 is 23.5 Å². The number of piperazine rings is 1. The molecule has 0 unspecified atom stereocenters. The van der Waals surface area contributed by atoms with Crippen molar-refractivity contribution in [2.45, 2.75) is 6.42 Å². The van der Waals surface area contributed by atoms with Crippen LogP contribution in [0.25, 0.3) is 0 Å². The molecule has 0 saturated carbocycles. The normalized spacial score (nSPS) is 15.3. The Balaban J connectivity index is 1.86. The van der Waals surface area contributed by atoms with Gasteiger partial charge in [-0.25, -0.2) is 0 Å². The number of benzene rings is 1. The number of carbonyl (C=O) groups is 1. The van der Waals surface area contributed by atoms with Crippen LogP contribution in [0.5, 0.6) is 0 Å². The molecule has 0 bridgehead atoms. The second-order valence-electron chi connectivity index (χ2n) is 5.28. The van der Waals surface area contributed by atoms with Crippen LogP contribution in [0.1, 0.15) is 5.56 Å². The molecular weight excluding hydrogens is 312 g/mol. The molecule has 2 rings (SSSR count). The summed E-state index contributed by atoms with van der Waals surface area (Å²) in [5, 5.41) is 3.76. The highest BCUT2D eigenvalue weighted by molar-refractivity contribution is 6.30. The summed E-state index contributed by atoms with van der Waals surface area (Å²) in [6.45, 7) is 3.28. The van der Waals surface area contributed by atoms with E-state index in [1.807, 2.05) is 29.2 Å². The summed E-state index contributed by atoms with van der Waals surface area (Å²) in [7, 11) is 1.73. The molecule has 5 nitrogen and oxygen atoms in total. The molecule has 0 aromatic heterocycles. The van der Waals surface area contributed by atoms with Crippen molar-refractivity contribution in [2.75, 3.05) is 39.8 Å². The Labute approximate surface area is 142 Å². The number of aliphatic imine (C=N–C) groups is 1. The second kappa shape index (κ2) is 8.44. The first kappa shape index (κ1) is 17.2. The Morgan fingerprint density at radius 2 is 2.04 bits per heavy atom. The van der Waals surface area contributed by atoms with Crippen LogP contribution >= 0.6 is 11.6 Å². The van der Waals surface area contributed by atoms with E-state index in [0.29, 0.717) is 31.1 Å². The summed E-state index contributed by atoms with van der Waals surface area (Å²) in [6, 6.07) is 7.43. The van der Waals surface area contributed by atoms with Gasteiger partial charge in [0.25, 0.3) is 0 Å². The van der Waals surface area contributed by atoms with E-state index in [9.17, 15) is 4.79 Å². The van der Waals surface area contributed by atoms with E-state index in [4.69, 9.17) is 18.0 Å². The van der Waals surface area contributed by atoms with E-state index in [2.05, 4.69) is 21.1 Å². The first-order valence-corrected chi connectivity index (χ1v) is 7.93. The van der Waals surface area contributed by atoms with Gasteiger partial charge in [0.05, 0.1) is 13.0 Å². The number of terminal acetylenes is 1. The minimum Gasteiger partial charge on any atom is -0.345 e. The summed E-state index contributed by atoms with van der Waals surface area (Å²) >= 11 is 5.96. The highest BCUT2D eigenvalue weighted by atomic mass is 35.5. The van der Waals surface area contributed by atoms with Crippen molar-refractivity contribution in [3.05, 3.63) is 34.9 Å². The van der Waals surface area contributed by atoms with E-state index in [0.717, 1.165) is 24.6 Å². The fourth-order valence-corrected chi connectivity index (χ4v) is 2.78. The Hall–Kier alpha value is -2.19. The quantitative estimate of drug-likeness (QED) is 0.514. The lowest BCUT2D eigenvalue weighted by atomic mass is 10.1. The average Bonchev–Trinajstić information content (AvgIpc) is 2.56. The molecule has 6 heteroatoms. The van der Waals surface area contributed by atoms with Crippen molar-refractivity contribution in [3.63, 3.8) is 0 Å². The van der Waals surface area contributed by atoms with Gasteiger partial charge in [-0.2, -0.15) is 0 Å². The van der Waals surface area contributed by atoms with Crippen LogP contribution in [-0.4, -0.2) is 61.4 Å². The fraction of sp³-hybridized carbons (Fsp3) is 0.412. The number of carbonyl (C=O) groups excluding carboxylic acids is 1. The van der Waals surface area contributed by atoms with Crippen LogP contribution in [0.2, 0.25) is 5.02 Å². The zero-order chi connectivity index (χ0) is 16.7. The molecule has 1 heterocycles. The number of nitrogens with zero attached hydrogens (tertiary/aromatic N) is 3. The molecule has 1 aliphatic rings. The maximum atomic E-state index is 12.4. The predicted molar refractivity (Wildman–Crippen MR) is 93.5 cm³/mol. The van der Waals surface area contributed by atoms with Gasteiger partial charge in [-0.05, 0) is 17.7 Å². The minimum atomic E-state index is 0.124. The Kier molecular flexibility index (Phi) is 6.30. The van der Waals surface area contributed by atoms with E-state index in [1.165, 1.54) is 0 Å². The molecule has 1 saturated heterocycles. The fourth-order valence-electron chi connectivity index (χ4n) is 2.56. The maximum Gasteiger partial charge on any atom is 0.227 e. The monoisotopic (exact) mass is 332 g/mol. The maximum absolute atomic E-state index is 12.4. The van der Waals surface area contributed by atoms with Gasteiger partial charge in [0.15, 0.2) is 5.96 Å². The van der Waals surface area contributed by atoms with Crippen LogP contribution < -0.4 is 5.32 Å². The summed E-state index contributed by atoms with van der Waals surface area (Å²) < 4.78 is 0. The molecular formula is C17H21ClN4O. The molecule has 1 amide bonds. The first-order valence-electron chi connectivity index (χ1n) is 7.55. The standard InChI is InChI=1S/C17H21ClN4O/c1-3-7-20-17(19-2)22-10-8-21(9-11-22)16(23)13-14-5-4-6-15(18)12-14/h1,4-6,12H,7-11,13H2,2H3,(H,19,20). The molecule has 1 aromatic rings. The van der Waals surface area contributed by atoms with E-state index < -0.39 is 0 Å². The van der Waals surface area contributed by atoms with Gasteiger partial charge in [0.1, 0.15) is 0 Å². The van der Waals surface area contributed by atoms with Crippen molar-refractivity contribution in [3.8, 4) is 12.3 Å². The van der Waals surface area contributed by atoms with Crippen LogP contribution in [0.4, 0.5) is 0 Å². The molecule has 1 N–H and O–H groups in total. The first-order chi connectivity index (χ1) is 11.1. The third-order valence-electron chi connectivity index (χ3n) is 3.74. The summed E-state index contributed by atoms with van der Waals surface area (Å²) in [6.07, 6.45) is 5.64. The van der Waals surface area contributed by atoms with Crippen LogP contribution in [0.3, 0.4) is 0 Å². The summed E-state index contributed by atoms with van der Waals surface area (Å²) in [4.78, 5) is 20.6. The molecule has 1 aromatic carbocycles. The molecule has 23 heavy (non-hydrogen) atoms. The topological polar surface area (TPSA) is 47.9 Å². The van der Waals surface area contributed by atoms with Crippen molar-refractivity contribution in [1.82, 2.24) is 15.1 Å². The second-order valence-corrected chi connectivity index (χ2v) is 5.72. The molecule has 0 spiro atoms. The van der Waals surface area contributed by atoms with Crippen molar-refractivity contribution in [2.24, 2.45) is 4.99 Å². The Morgan fingerprint density at radius 3 is 2.65 bits per heavy atom. The van der Waals surface area contributed by atoms with E-state index >= 15 is 0 Å². The number of hydrogen-bond acceptors (Lipinski definition) is 2. The van der Waals surface area contributed by atoms with Gasteiger partial charge in [0.2, 0.25) is 5.91 Å². The van der Waals surface area contributed by atoms with Gasteiger partial charge in [-0.3, -0.25) is 9.79 Å². The summed E-state index contributed by atoms with van der Waals surface area (Å²) in [5.74, 6) is 3.44. The SMILES string of the molecule is C#CCNC(=NC)N1CCN(C(=O)Cc2cccc(Cl)c2)CC1. The lowest BCUT2D eigenvalue weighted by Crippen LogP contribution is -2.54. The minimum absolute atomic E-state index is 0.124. The molecule has 0 aliphatic carbocycles. The lowest BCUT2D eigenvalue weighted by molar-refractivity contribution is -0.131. The largest absolute Gasteiger partial charge is 0.345 e. The number of hydrogen-bond donors (Lipinski definition) is 1. The molecule has 0 radical (unpaired) electrons. The number of nitrogens with one attached hydrogen (secondary N) is 1. The highest BCUT2D eigenvalue weighted by Gasteiger charge is 2.22. The van der Waals surface area contributed by atoms with Crippen LogP contribution in [0, 0.1) is 12.3 Å². The number of amides is 1. The Bertz CT molecular complexity index is 615. The van der Waals surface area contributed by atoms with E-state index in [-0.39, 0.29) is 5.91 Å². The molecule has 1 fully saturated rings. The third-order valence-corrected chi connectivity index (χ3v) is 3.97. The third kappa shape index (κ3) is 4.90. The average molecular weight is 333 g/mol. The number of rotatable bonds is 3. The number of halogens is 1. The summed E-state index contributed by atoms with van der Waals surface area (Å²) in [5.41, 5.74) is 0.941. The van der Waals surface area contributed by atoms with Gasteiger partial charge in [0, 0.05) is 38.2 Å². The molecule has 122 valence electrons. The van der Waals surface area contributed by atoms with Gasteiger partial charge >= 0.3 is 0 Å². The number of guanidine groups is 1. The zero-order valence-electron chi connectivity index (χ0n) is 13.3. The Morgan fingerprint density at radius 1 is 1.35 bits per heavy atom. The van der Waals surface area contributed by atoms with E-state index in [1.54, 1.807) is 7.05 Å². The zero-order valence-corrected chi connectivity index (χ0v) is 14.0. The van der Waals surface area contributed by atoms with Crippen molar-refractivity contribution in [1.29, 1.82) is 0 Å². The van der Waals surface area contributed by atoms with Gasteiger partial charge in [-0.1, -0.05) is 29.7 Å². The molecule has 1 aliphatic heterocycles. The highest BCUT2D eigenvalue weighted by Crippen LogP contribution is 2.13. The van der Waals surface area contributed by atoms with Gasteiger partial charge < -0.3 is 15.1 Å². The lowest BCUT2D eigenvalue weighted by Gasteiger charge is -2.36. The predicted octanol–water partition coefficient (Wildman–Crippen LogP) is 1.24. The van der Waals surface area contributed by atoms with Crippen LogP contribution in [0.15, 0.2) is 29.3 Å². The van der Waals surface area contributed by atoms with Crippen LogP contribution in [-0.2, 0) is 11.2 Å². The van der Waals surface area contributed by atoms with Crippen molar-refractivity contribution < 1.29 is 4.79 Å². The van der Waals surface area contributed by atoms with Gasteiger partial charge in [-0.15, -0.1) is 6.42 Å².